The van der Waals surface area contributed by atoms with Gasteiger partial charge in [0.2, 0.25) is 0 Å². The Hall–Kier alpha value is -2.78. The van der Waals surface area contributed by atoms with Crippen LogP contribution in [0.25, 0.3) is 22.4 Å². The van der Waals surface area contributed by atoms with Crippen molar-refractivity contribution in [3.05, 3.63) is 70.7 Å². The predicted molar refractivity (Wildman–Crippen MR) is 103 cm³/mol. The Kier molecular flexibility index (Phi) is 3.94. The Bertz CT molecular complexity index is 1020. The molecule has 4 rings (SSSR count). The first kappa shape index (κ1) is 15.7. The minimum absolute atomic E-state index is 0.132. The minimum Gasteiger partial charge on any atom is -0.493 e. The number of nitrogens with one attached hydrogen (secondary N) is 1. The van der Waals surface area contributed by atoms with Gasteiger partial charge in [-0.1, -0.05) is 41.9 Å². The highest BCUT2D eigenvalue weighted by molar-refractivity contribution is 6.37. The monoisotopic (exact) mass is 349 g/mol. The molecule has 0 fully saturated rings. The van der Waals surface area contributed by atoms with Crippen LogP contribution in [-0.4, -0.2) is 12.5 Å². The van der Waals surface area contributed by atoms with Crippen LogP contribution in [-0.2, 0) is 4.79 Å². The maximum absolute atomic E-state index is 12.5. The Balaban J connectivity index is 1.96. The van der Waals surface area contributed by atoms with Gasteiger partial charge in [0, 0.05) is 27.4 Å². The third kappa shape index (κ3) is 2.77. The highest BCUT2D eigenvalue weighted by atomic mass is 35.5. The lowest BCUT2D eigenvalue weighted by molar-refractivity contribution is -0.110. The molecule has 1 aliphatic heterocycles. The van der Waals surface area contributed by atoms with Gasteiger partial charge in [0.15, 0.2) is 0 Å². The SMILES string of the molecule is CCOc1ccc2ccccc2c1/C=C1/C(=O)Nc2ccc(Cl)cc21. The van der Waals surface area contributed by atoms with Crippen molar-refractivity contribution in [1.29, 1.82) is 0 Å². The number of fused-ring (bicyclic) bond motifs is 2. The number of anilines is 1. The molecule has 0 spiro atoms. The Labute approximate surface area is 150 Å². The van der Waals surface area contributed by atoms with Crippen molar-refractivity contribution >= 4 is 45.6 Å². The third-order valence-corrected chi connectivity index (χ3v) is 4.52. The van der Waals surface area contributed by atoms with E-state index in [1.54, 1.807) is 6.07 Å². The first-order valence-electron chi connectivity index (χ1n) is 8.15. The number of benzene rings is 3. The standard InChI is InChI=1S/C21H16ClNO2/c1-2-25-20-10-7-13-5-3-4-6-15(13)17(20)12-18-16-11-14(22)8-9-19(16)23-21(18)24/h3-12H,2H2,1H3,(H,23,24)/b18-12+. The van der Waals surface area contributed by atoms with Gasteiger partial charge in [-0.05, 0) is 48.0 Å². The number of rotatable bonds is 3. The summed E-state index contributed by atoms with van der Waals surface area (Å²) in [4.78, 5) is 12.5. The minimum atomic E-state index is -0.132. The summed E-state index contributed by atoms with van der Waals surface area (Å²) >= 11 is 6.12. The number of ether oxygens (including phenoxy) is 1. The molecule has 0 unspecified atom stereocenters. The van der Waals surface area contributed by atoms with E-state index in [-0.39, 0.29) is 5.91 Å². The molecule has 4 heteroatoms. The molecule has 25 heavy (non-hydrogen) atoms. The van der Waals surface area contributed by atoms with Crippen molar-refractivity contribution in [2.45, 2.75) is 6.92 Å². The Morgan fingerprint density at radius 1 is 1.12 bits per heavy atom. The summed E-state index contributed by atoms with van der Waals surface area (Å²) < 4.78 is 5.80. The predicted octanol–water partition coefficient (Wildman–Crippen LogP) is 5.38. The maximum Gasteiger partial charge on any atom is 0.256 e. The molecule has 1 heterocycles. The molecule has 1 N–H and O–H groups in total. The smallest absolute Gasteiger partial charge is 0.256 e. The van der Waals surface area contributed by atoms with Crippen molar-refractivity contribution in [3.8, 4) is 5.75 Å². The van der Waals surface area contributed by atoms with Gasteiger partial charge in [-0.3, -0.25) is 4.79 Å². The fourth-order valence-electron chi connectivity index (χ4n) is 3.15. The van der Waals surface area contributed by atoms with Crippen LogP contribution in [0.3, 0.4) is 0 Å². The largest absolute Gasteiger partial charge is 0.493 e. The number of hydrogen-bond acceptors (Lipinski definition) is 2. The lowest BCUT2D eigenvalue weighted by Crippen LogP contribution is -2.04. The second kappa shape index (κ2) is 6.26. The van der Waals surface area contributed by atoms with Gasteiger partial charge in [0.1, 0.15) is 5.75 Å². The van der Waals surface area contributed by atoms with E-state index < -0.39 is 0 Å². The van der Waals surface area contributed by atoms with Crippen LogP contribution in [0.1, 0.15) is 18.1 Å². The van der Waals surface area contributed by atoms with Crippen molar-refractivity contribution in [3.63, 3.8) is 0 Å². The zero-order valence-corrected chi connectivity index (χ0v) is 14.4. The van der Waals surface area contributed by atoms with Crippen molar-refractivity contribution in [2.75, 3.05) is 11.9 Å². The number of carbonyl (C=O) groups excluding carboxylic acids is 1. The molecule has 1 aliphatic rings. The van der Waals surface area contributed by atoms with Gasteiger partial charge in [0.25, 0.3) is 5.91 Å². The van der Waals surface area contributed by atoms with Crippen molar-refractivity contribution in [2.24, 2.45) is 0 Å². The number of carbonyl (C=O) groups is 1. The molecule has 0 atom stereocenters. The summed E-state index contributed by atoms with van der Waals surface area (Å²) in [6.07, 6.45) is 1.89. The zero-order chi connectivity index (χ0) is 17.4. The van der Waals surface area contributed by atoms with E-state index in [4.69, 9.17) is 16.3 Å². The molecule has 3 aromatic carbocycles. The lowest BCUT2D eigenvalue weighted by Gasteiger charge is -2.11. The van der Waals surface area contributed by atoms with E-state index >= 15 is 0 Å². The summed E-state index contributed by atoms with van der Waals surface area (Å²) in [6.45, 7) is 2.51. The highest BCUT2D eigenvalue weighted by Crippen LogP contribution is 2.38. The Morgan fingerprint density at radius 2 is 1.96 bits per heavy atom. The maximum atomic E-state index is 12.5. The highest BCUT2D eigenvalue weighted by Gasteiger charge is 2.25. The summed E-state index contributed by atoms with van der Waals surface area (Å²) in [6, 6.07) is 17.5. The van der Waals surface area contributed by atoms with Gasteiger partial charge in [-0.2, -0.15) is 0 Å². The third-order valence-electron chi connectivity index (χ3n) is 4.28. The molecule has 1 amide bonds. The van der Waals surface area contributed by atoms with Crippen LogP contribution in [0.5, 0.6) is 5.75 Å². The van der Waals surface area contributed by atoms with Crippen molar-refractivity contribution < 1.29 is 9.53 Å². The molecule has 0 radical (unpaired) electrons. The number of hydrogen-bond donors (Lipinski definition) is 1. The molecule has 0 aromatic heterocycles. The summed E-state index contributed by atoms with van der Waals surface area (Å²) in [5, 5.41) is 5.63. The summed E-state index contributed by atoms with van der Waals surface area (Å²) in [7, 11) is 0. The van der Waals surface area contributed by atoms with E-state index in [0.717, 1.165) is 33.3 Å². The molecule has 0 saturated carbocycles. The average Bonchev–Trinajstić information content (AvgIpc) is 2.92. The van der Waals surface area contributed by atoms with Gasteiger partial charge in [-0.25, -0.2) is 0 Å². The molecule has 0 bridgehead atoms. The molecular formula is C21H16ClNO2. The van der Waals surface area contributed by atoms with Crippen LogP contribution in [0, 0.1) is 0 Å². The summed E-state index contributed by atoms with van der Waals surface area (Å²) in [5.41, 5.74) is 3.08. The average molecular weight is 350 g/mol. The Morgan fingerprint density at radius 3 is 2.80 bits per heavy atom. The second-order valence-electron chi connectivity index (χ2n) is 5.83. The fraction of sp³-hybridized carbons (Fsp3) is 0.0952. The summed E-state index contributed by atoms with van der Waals surface area (Å²) in [5.74, 6) is 0.629. The molecule has 3 nitrogen and oxygen atoms in total. The molecule has 124 valence electrons. The molecule has 0 saturated heterocycles. The van der Waals surface area contributed by atoms with Gasteiger partial charge < -0.3 is 10.1 Å². The molecule has 0 aliphatic carbocycles. The van der Waals surface area contributed by atoms with Gasteiger partial charge >= 0.3 is 0 Å². The number of halogens is 1. The van der Waals surface area contributed by atoms with Gasteiger partial charge in [-0.15, -0.1) is 0 Å². The van der Waals surface area contributed by atoms with Crippen LogP contribution in [0.15, 0.2) is 54.6 Å². The topological polar surface area (TPSA) is 38.3 Å². The number of amides is 1. The van der Waals surface area contributed by atoms with E-state index in [2.05, 4.69) is 5.32 Å². The molecule has 3 aromatic rings. The van der Waals surface area contributed by atoms with E-state index in [1.807, 2.05) is 61.5 Å². The van der Waals surface area contributed by atoms with Crippen LogP contribution in [0.4, 0.5) is 5.69 Å². The van der Waals surface area contributed by atoms with E-state index in [1.165, 1.54) is 0 Å². The second-order valence-corrected chi connectivity index (χ2v) is 6.27. The van der Waals surface area contributed by atoms with Crippen LogP contribution in [0.2, 0.25) is 5.02 Å². The van der Waals surface area contributed by atoms with Crippen molar-refractivity contribution in [1.82, 2.24) is 0 Å². The van der Waals surface area contributed by atoms with Crippen LogP contribution < -0.4 is 10.1 Å². The normalized spacial score (nSPS) is 14.6. The zero-order valence-electron chi connectivity index (χ0n) is 13.7. The molecular weight excluding hydrogens is 334 g/mol. The fourth-order valence-corrected chi connectivity index (χ4v) is 3.33. The quantitative estimate of drug-likeness (QED) is 0.644. The van der Waals surface area contributed by atoms with Crippen LogP contribution >= 0.6 is 11.6 Å². The first-order valence-corrected chi connectivity index (χ1v) is 8.52. The van der Waals surface area contributed by atoms with Gasteiger partial charge in [0.05, 0.1) is 6.61 Å². The van der Waals surface area contributed by atoms with E-state index in [0.29, 0.717) is 17.2 Å². The van der Waals surface area contributed by atoms with E-state index in [9.17, 15) is 4.79 Å². The lowest BCUT2D eigenvalue weighted by atomic mass is 9.98. The first-order chi connectivity index (χ1) is 12.2.